The molecule has 1 aromatic rings. The second kappa shape index (κ2) is 7.73. The summed E-state index contributed by atoms with van der Waals surface area (Å²) in [5, 5.41) is 25.8. The summed E-state index contributed by atoms with van der Waals surface area (Å²) in [6, 6.07) is 2.70. The first kappa shape index (κ1) is 20.9. The van der Waals surface area contributed by atoms with E-state index in [1.165, 1.54) is 0 Å². The first-order valence-corrected chi connectivity index (χ1v) is 3.77. The molecule has 9 nitrogen and oxygen atoms in total. The van der Waals surface area contributed by atoms with Crippen molar-refractivity contribution in [1.82, 2.24) is 18.5 Å². The van der Waals surface area contributed by atoms with E-state index in [-0.39, 0.29) is 35.1 Å². The van der Waals surface area contributed by atoms with Gasteiger partial charge in [-0.1, -0.05) is 0 Å². The van der Waals surface area contributed by atoms with Crippen molar-refractivity contribution in [3.63, 3.8) is 0 Å². The molecule has 0 radical (unpaired) electrons. The van der Waals surface area contributed by atoms with E-state index in [9.17, 15) is 14.4 Å². The van der Waals surface area contributed by atoms with Crippen LogP contribution < -0.4 is 18.5 Å². The van der Waals surface area contributed by atoms with Crippen LogP contribution in [0.2, 0.25) is 0 Å². The molecule has 1 aromatic carbocycles. The molecule has 0 saturated carbocycles. The van der Waals surface area contributed by atoms with Crippen molar-refractivity contribution in [2.75, 3.05) is 0 Å². The van der Waals surface area contributed by atoms with E-state index >= 15 is 0 Å². The predicted molar refractivity (Wildman–Crippen MR) is 62.4 cm³/mol. The van der Waals surface area contributed by atoms with Crippen LogP contribution >= 0.6 is 0 Å². The van der Waals surface area contributed by atoms with Crippen LogP contribution in [0, 0.1) is 0 Å². The van der Waals surface area contributed by atoms with Gasteiger partial charge in [-0.2, -0.15) is 0 Å². The van der Waals surface area contributed by atoms with Crippen LogP contribution in [0.3, 0.4) is 0 Å². The van der Waals surface area contributed by atoms with Gasteiger partial charge in [0.2, 0.25) is 0 Å². The number of carboxylic acid groups (broad SMARTS) is 3. The smallest absolute Gasteiger partial charge is 0.335 e. The lowest BCUT2D eigenvalue weighted by Crippen LogP contribution is -2.07. The molecular weight excluding hydrogens is 246 g/mol. The molecule has 0 aromatic heterocycles. The van der Waals surface area contributed by atoms with Gasteiger partial charge < -0.3 is 33.8 Å². The number of rotatable bonds is 3. The number of hydrogen-bond donors (Lipinski definition) is 6. The Kier molecular flexibility index (Phi) is 8.96. The van der Waals surface area contributed by atoms with Crippen molar-refractivity contribution in [3.8, 4) is 0 Å². The maximum atomic E-state index is 10.6. The fraction of sp³-hybridized carbons (Fsp3) is 0. The summed E-state index contributed by atoms with van der Waals surface area (Å²) in [6.45, 7) is 0. The fourth-order valence-corrected chi connectivity index (χ4v) is 0.998. The maximum absolute atomic E-state index is 10.6. The molecule has 0 aliphatic carbocycles. The number of benzene rings is 1. The van der Waals surface area contributed by atoms with Gasteiger partial charge in [0.1, 0.15) is 0 Å². The van der Waals surface area contributed by atoms with Crippen LogP contribution in [0.25, 0.3) is 0 Å². The van der Waals surface area contributed by atoms with Gasteiger partial charge >= 0.3 is 17.9 Å². The number of carboxylic acids is 3. The Morgan fingerprint density at radius 1 is 0.611 bits per heavy atom. The van der Waals surface area contributed by atoms with Crippen molar-refractivity contribution in [2.45, 2.75) is 0 Å². The average molecular weight is 261 g/mol. The normalized spacial score (nSPS) is 8.00. The lowest BCUT2D eigenvalue weighted by atomic mass is 10.1. The summed E-state index contributed by atoms with van der Waals surface area (Å²) < 4.78 is 0. The molecule has 9 heteroatoms. The van der Waals surface area contributed by atoms with Gasteiger partial charge in [-0.05, 0) is 18.2 Å². The minimum atomic E-state index is -1.37. The third-order valence-corrected chi connectivity index (χ3v) is 1.67. The summed E-state index contributed by atoms with van der Waals surface area (Å²) in [6.07, 6.45) is 0. The van der Waals surface area contributed by atoms with Crippen molar-refractivity contribution >= 4 is 17.9 Å². The van der Waals surface area contributed by atoms with Gasteiger partial charge in [-0.3, -0.25) is 0 Å². The van der Waals surface area contributed by atoms with Gasteiger partial charge in [0, 0.05) is 0 Å². The SMILES string of the molecule is N.N.N.O=C(O)c1cc(C(=O)O)cc(C(=O)O)c1. The second-order valence-electron chi connectivity index (χ2n) is 2.71. The van der Waals surface area contributed by atoms with Gasteiger partial charge in [-0.15, -0.1) is 0 Å². The summed E-state index contributed by atoms with van der Waals surface area (Å²) >= 11 is 0. The third kappa shape index (κ3) is 4.57. The zero-order valence-electron chi connectivity index (χ0n) is 9.42. The highest BCUT2D eigenvalue weighted by Gasteiger charge is 2.14. The van der Waals surface area contributed by atoms with Crippen LogP contribution in [0.15, 0.2) is 18.2 Å². The first-order valence-electron chi connectivity index (χ1n) is 3.77. The first-order chi connectivity index (χ1) is 6.91. The van der Waals surface area contributed by atoms with Crippen LogP contribution in [-0.4, -0.2) is 33.2 Å². The Morgan fingerprint density at radius 3 is 0.889 bits per heavy atom. The molecule has 0 spiro atoms. The molecule has 0 fully saturated rings. The zero-order valence-corrected chi connectivity index (χ0v) is 9.42. The molecule has 12 N–H and O–H groups in total. The highest BCUT2D eigenvalue weighted by atomic mass is 16.4. The summed E-state index contributed by atoms with van der Waals surface area (Å²) in [4.78, 5) is 31.7. The minimum Gasteiger partial charge on any atom is -0.478 e. The van der Waals surface area contributed by atoms with Crippen LogP contribution in [0.4, 0.5) is 0 Å². The van der Waals surface area contributed by atoms with Crippen LogP contribution in [0.1, 0.15) is 31.1 Å². The third-order valence-electron chi connectivity index (χ3n) is 1.67. The van der Waals surface area contributed by atoms with Gasteiger partial charge in [-0.25, -0.2) is 14.4 Å². The lowest BCUT2D eigenvalue weighted by molar-refractivity contribution is 0.0696. The number of hydrogen-bond acceptors (Lipinski definition) is 6. The topological polar surface area (TPSA) is 217 Å². The lowest BCUT2D eigenvalue weighted by Gasteiger charge is -2.00. The molecule has 0 heterocycles. The zero-order chi connectivity index (χ0) is 11.6. The van der Waals surface area contributed by atoms with E-state index in [2.05, 4.69) is 0 Å². The maximum Gasteiger partial charge on any atom is 0.335 e. The molecule has 0 aliphatic heterocycles. The standard InChI is InChI=1S/C9H6O6.3H3N/c10-7(11)4-1-5(8(12)13)3-6(2-4)9(14)15;;;/h1-3H,(H,10,11)(H,12,13)(H,14,15);3*1H3. The van der Waals surface area contributed by atoms with E-state index in [4.69, 9.17) is 15.3 Å². The highest BCUT2D eigenvalue weighted by Crippen LogP contribution is 2.11. The van der Waals surface area contributed by atoms with E-state index in [0.29, 0.717) is 0 Å². The van der Waals surface area contributed by atoms with Crippen molar-refractivity contribution in [3.05, 3.63) is 34.9 Å². The highest BCUT2D eigenvalue weighted by molar-refractivity contribution is 5.98. The van der Waals surface area contributed by atoms with E-state index < -0.39 is 17.9 Å². The Balaban J connectivity index is -0.000000750. The predicted octanol–water partition coefficient (Wildman–Crippen LogP) is 1.27. The molecule has 0 saturated heterocycles. The van der Waals surface area contributed by atoms with Crippen LogP contribution in [-0.2, 0) is 0 Å². The van der Waals surface area contributed by atoms with E-state index in [0.717, 1.165) is 18.2 Å². The number of carbonyl (C=O) groups is 3. The second-order valence-corrected chi connectivity index (χ2v) is 2.71. The monoisotopic (exact) mass is 261 g/mol. The molecule has 0 aliphatic rings. The molecule has 18 heavy (non-hydrogen) atoms. The van der Waals surface area contributed by atoms with Crippen molar-refractivity contribution in [1.29, 1.82) is 0 Å². The Labute approximate surface area is 102 Å². The van der Waals surface area contributed by atoms with Crippen molar-refractivity contribution in [2.24, 2.45) is 0 Å². The Morgan fingerprint density at radius 2 is 0.778 bits per heavy atom. The van der Waals surface area contributed by atoms with Gasteiger partial charge in [0.15, 0.2) is 0 Å². The quantitative estimate of drug-likeness (QED) is 0.460. The molecule has 0 bridgehead atoms. The minimum absolute atomic E-state index is 0. The number of aromatic carboxylic acids is 3. The van der Waals surface area contributed by atoms with Gasteiger partial charge in [0.25, 0.3) is 0 Å². The fourth-order valence-electron chi connectivity index (χ4n) is 0.998. The Hall–Kier alpha value is -2.49. The molecule has 0 amide bonds. The molecule has 0 atom stereocenters. The summed E-state index contributed by atoms with van der Waals surface area (Å²) in [5.41, 5.74) is -1.10. The Bertz CT molecular complexity index is 381. The largest absolute Gasteiger partial charge is 0.478 e. The van der Waals surface area contributed by atoms with Gasteiger partial charge in [0.05, 0.1) is 16.7 Å². The van der Waals surface area contributed by atoms with Crippen molar-refractivity contribution < 1.29 is 29.7 Å². The molecule has 1 rings (SSSR count). The molecule has 102 valence electrons. The molecule has 0 unspecified atom stereocenters. The summed E-state index contributed by atoms with van der Waals surface area (Å²) in [7, 11) is 0. The average Bonchev–Trinajstić information content (AvgIpc) is 2.16. The van der Waals surface area contributed by atoms with Crippen LogP contribution in [0.5, 0.6) is 0 Å². The van der Waals surface area contributed by atoms with E-state index in [1.54, 1.807) is 0 Å². The van der Waals surface area contributed by atoms with E-state index in [1.807, 2.05) is 0 Å². The molecular formula is C9H15N3O6. The summed E-state index contributed by atoms with van der Waals surface area (Å²) in [5.74, 6) is -4.12.